The maximum atomic E-state index is 12.1. The zero-order chi connectivity index (χ0) is 18.8. The highest BCUT2D eigenvalue weighted by atomic mass is 16.5. The standard InChI is InChI=1S/C17H22BNO6/c1-17(2,3)12(20)7-8-14(21)19-13-9-10-5-4-6-11(16(22)23)15(10)25-18(13)24/h4-6,13,24H,7-9H2,1-3H3,(H,19,21)(H,22,23). The molecule has 0 aliphatic carbocycles. The summed E-state index contributed by atoms with van der Waals surface area (Å²) in [6.45, 7) is 5.38. The van der Waals surface area contributed by atoms with Crippen molar-refractivity contribution in [2.75, 3.05) is 0 Å². The minimum atomic E-state index is -1.35. The van der Waals surface area contributed by atoms with E-state index in [2.05, 4.69) is 5.32 Å². The van der Waals surface area contributed by atoms with E-state index in [1.165, 1.54) is 6.07 Å². The molecule has 0 radical (unpaired) electrons. The summed E-state index contributed by atoms with van der Waals surface area (Å²) in [6.07, 6.45) is 0.399. The largest absolute Gasteiger partial charge is 0.547 e. The molecule has 0 spiro atoms. The second kappa shape index (κ2) is 7.27. The monoisotopic (exact) mass is 347 g/mol. The van der Waals surface area contributed by atoms with E-state index in [-0.39, 0.29) is 42.3 Å². The first kappa shape index (κ1) is 19.0. The van der Waals surface area contributed by atoms with Crippen LogP contribution in [0.15, 0.2) is 18.2 Å². The van der Waals surface area contributed by atoms with Gasteiger partial charge in [-0.2, -0.15) is 0 Å². The summed E-state index contributed by atoms with van der Waals surface area (Å²) >= 11 is 0. The summed E-state index contributed by atoms with van der Waals surface area (Å²) in [5.74, 6) is -2.10. The van der Waals surface area contributed by atoms with E-state index < -0.39 is 24.4 Å². The second-order valence-electron chi connectivity index (χ2n) is 7.16. The molecule has 1 aliphatic rings. The third-order valence-corrected chi connectivity index (χ3v) is 4.11. The van der Waals surface area contributed by atoms with Crippen LogP contribution < -0.4 is 9.97 Å². The van der Waals surface area contributed by atoms with Crippen molar-refractivity contribution < 1.29 is 29.2 Å². The highest BCUT2D eigenvalue weighted by Gasteiger charge is 2.37. The molecule has 8 heteroatoms. The zero-order valence-corrected chi connectivity index (χ0v) is 14.5. The number of benzene rings is 1. The van der Waals surface area contributed by atoms with Crippen LogP contribution in [0.2, 0.25) is 0 Å². The number of para-hydroxylation sites is 1. The molecule has 0 saturated heterocycles. The average Bonchev–Trinajstić information content (AvgIpc) is 2.51. The zero-order valence-electron chi connectivity index (χ0n) is 14.5. The number of carboxylic acids is 1. The SMILES string of the molecule is CC(C)(C)C(=O)CCC(=O)NC1Cc2cccc(C(=O)O)c2OB1O. The summed E-state index contributed by atoms with van der Waals surface area (Å²) in [6, 6.07) is 4.67. The Labute approximate surface area is 146 Å². The van der Waals surface area contributed by atoms with Gasteiger partial charge >= 0.3 is 13.1 Å². The first-order chi connectivity index (χ1) is 11.6. The lowest BCUT2D eigenvalue weighted by Gasteiger charge is -2.29. The summed E-state index contributed by atoms with van der Waals surface area (Å²) in [4.78, 5) is 35.1. The van der Waals surface area contributed by atoms with E-state index in [1.54, 1.807) is 32.9 Å². The third-order valence-electron chi connectivity index (χ3n) is 4.11. The van der Waals surface area contributed by atoms with E-state index in [0.29, 0.717) is 5.56 Å². The molecular formula is C17H22BNO6. The van der Waals surface area contributed by atoms with Crippen LogP contribution in [0, 0.1) is 5.41 Å². The molecule has 134 valence electrons. The number of aromatic carboxylic acids is 1. The minimum absolute atomic E-state index is 0.0143. The van der Waals surface area contributed by atoms with Crippen LogP contribution in [0.5, 0.6) is 5.75 Å². The van der Waals surface area contributed by atoms with Gasteiger partial charge in [-0.05, 0) is 18.1 Å². The highest BCUT2D eigenvalue weighted by molar-refractivity contribution is 6.47. The normalized spacial score (nSPS) is 16.6. The van der Waals surface area contributed by atoms with Crippen LogP contribution in [-0.2, 0) is 16.0 Å². The molecule has 3 N–H and O–H groups in total. The third kappa shape index (κ3) is 4.60. The van der Waals surface area contributed by atoms with Crippen LogP contribution in [-0.4, -0.2) is 40.8 Å². The molecule has 2 rings (SSSR count). The Hall–Kier alpha value is -2.35. The van der Waals surface area contributed by atoms with Crippen molar-refractivity contribution in [3.05, 3.63) is 29.3 Å². The van der Waals surface area contributed by atoms with E-state index in [1.807, 2.05) is 0 Å². The summed E-state index contributed by atoms with van der Waals surface area (Å²) < 4.78 is 5.31. The van der Waals surface area contributed by atoms with Crippen molar-refractivity contribution in [2.24, 2.45) is 5.41 Å². The topological polar surface area (TPSA) is 113 Å². The molecule has 1 amide bonds. The predicted molar refractivity (Wildman–Crippen MR) is 91.3 cm³/mol. The fourth-order valence-electron chi connectivity index (χ4n) is 2.60. The maximum absolute atomic E-state index is 12.1. The van der Waals surface area contributed by atoms with Crippen molar-refractivity contribution in [3.8, 4) is 5.75 Å². The molecule has 1 aliphatic heterocycles. The lowest BCUT2D eigenvalue weighted by molar-refractivity contribution is -0.129. The summed E-state index contributed by atoms with van der Waals surface area (Å²) in [5.41, 5.74) is 0.0679. The van der Waals surface area contributed by atoms with Gasteiger partial charge in [0.05, 0.1) is 11.5 Å². The number of carbonyl (C=O) groups is 3. The van der Waals surface area contributed by atoms with Crippen LogP contribution >= 0.6 is 0 Å². The van der Waals surface area contributed by atoms with Gasteiger partial charge in [0.2, 0.25) is 5.91 Å². The second-order valence-corrected chi connectivity index (χ2v) is 7.16. The van der Waals surface area contributed by atoms with Gasteiger partial charge in [0.25, 0.3) is 0 Å². The smallest absolute Gasteiger partial charge is 0.534 e. The summed E-state index contributed by atoms with van der Waals surface area (Å²) in [7, 11) is -1.35. The Morgan fingerprint density at radius 1 is 1.28 bits per heavy atom. The van der Waals surface area contributed by atoms with Crippen LogP contribution in [0.1, 0.15) is 49.5 Å². The number of fused-ring (bicyclic) bond motifs is 1. The molecule has 1 atom stereocenters. The first-order valence-electron chi connectivity index (χ1n) is 8.12. The Balaban J connectivity index is 2.00. The molecule has 0 aromatic heterocycles. The van der Waals surface area contributed by atoms with E-state index >= 15 is 0 Å². The van der Waals surface area contributed by atoms with Crippen LogP contribution in [0.4, 0.5) is 0 Å². The lowest BCUT2D eigenvalue weighted by Crippen LogP contribution is -2.53. The molecule has 0 bridgehead atoms. The molecular weight excluding hydrogens is 325 g/mol. The number of carboxylic acid groups (broad SMARTS) is 1. The lowest BCUT2D eigenvalue weighted by atomic mass is 9.72. The van der Waals surface area contributed by atoms with Crippen molar-refractivity contribution in [2.45, 2.75) is 46.0 Å². The quantitative estimate of drug-likeness (QED) is 0.691. The number of ketones is 1. The van der Waals surface area contributed by atoms with Gasteiger partial charge in [-0.1, -0.05) is 32.9 Å². The van der Waals surface area contributed by atoms with Gasteiger partial charge in [0.15, 0.2) is 0 Å². The number of rotatable bonds is 5. The van der Waals surface area contributed by atoms with Crippen molar-refractivity contribution >= 4 is 24.8 Å². The van der Waals surface area contributed by atoms with Crippen LogP contribution in [0.25, 0.3) is 0 Å². The van der Waals surface area contributed by atoms with E-state index in [9.17, 15) is 19.4 Å². The van der Waals surface area contributed by atoms with E-state index in [0.717, 1.165) is 0 Å². The molecule has 7 nitrogen and oxygen atoms in total. The van der Waals surface area contributed by atoms with Crippen molar-refractivity contribution in [3.63, 3.8) is 0 Å². The number of carbonyl (C=O) groups excluding carboxylic acids is 2. The fraction of sp³-hybridized carbons (Fsp3) is 0.471. The number of amides is 1. The predicted octanol–water partition coefficient (Wildman–Crippen LogP) is 1.22. The molecule has 0 saturated carbocycles. The van der Waals surface area contributed by atoms with Crippen LogP contribution in [0.3, 0.4) is 0 Å². The number of Topliss-reactive ketones (excluding diaryl/α,β-unsaturated/α-hetero) is 1. The molecule has 25 heavy (non-hydrogen) atoms. The summed E-state index contributed by atoms with van der Waals surface area (Å²) in [5, 5.41) is 21.9. The van der Waals surface area contributed by atoms with Gasteiger partial charge in [0.1, 0.15) is 11.5 Å². The van der Waals surface area contributed by atoms with Gasteiger partial charge in [0, 0.05) is 18.3 Å². The van der Waals surface area contributed by atoms with Gasteiger partial charge in [-0.3, -0.25) is 9.59 Å². The van der Waals surface area contributed by atoms with Crippen molar-refractivity contribution in [1.29, 1.82) is 0 Å². The molecule has 1 heterocycles. The minimum Gasteiger partial charge on any atom is -0.534 e. The number of hydrogen-bond donors (Lipinski definition) is 3. The van der Waals surface area contributed by atoms with Crippen molar-refractivity contribution in [1.82, 2.24) is 5.32 Å². The van der Waals surface area contributed by atoms with E-state index in [4.69, 9.17) is 9.76 Å². The highest BCUT2D eigenvalue weighted by Crippen LogP contribution is 2.30. The maximum Gasteiger partial charge on any atom is 0.547 e. The Morgan fingerprint density at radius 3 is 2.56 bits per heavy atom. The molecule has 1 aromatic carbocycles. The molecule has 1 aromatic rings. The number of nitrogens with one attached hydrogen (secondary N) is 1. The Bertz CT molecular complexity index is 697. The average molecular weight is 347 g/mol. The Kier molecular flexibility index (Phi) is 5.52. The molecule has 0 fully saturated rings. The Morgan fingerprint density at radius 2 is 1.96 bits per heavy atom. The van der Waals surface area contributed by atoms with Gasteiger partial charge in [-0.15, -0.1) is 0 Å². The fourth-order valence-corrected chi connectivity index (χ4v) is 2.60. The van der Waals surface area contributed by atoms with Gasteiger partial charge in [-0.25, -0.2) is 4.79 Å². The van der Waals surface area contributed by atoms with Gasteiger partial charge < -0.3 is 20.1 Å². The first-order valence-corrected chi connectivity index (χ1v) is 8.12. The molecule has 1 unspecified atom stereocenters. The number of hydrogen-bond acceptors (Lipinski definition) is 5.